The summed E-state index contributed by atoms with van der Waals surface area (Å²) in [6, 6.07) is 9.32. The minimum absolute atomic E-state index is 0.0230. The Kier molecular flexibility index (Phi) is 5.08. The predicted octanol–water partition coefficient (Wildman–Crippen LogP) is 4.37. The van der Waals surface area contributed by atoms with Crippen LogP contribution < -0.4 is 5.56 Å². The van der Waals surface area contributed by atoms with Crippen molar-refractivity contribution in [3.05, 3.63) is 86.3 Å². The summed E-state index contributed by atoms with van der Waals surface area (Å²) in [5, 5.41) is 9.51. The molecule has 0 bridgehead atoms. The van der Waals surface area contributed by atoms with Crippen molar-refractivity contribution >= 4 is 17.6 Å². The van der Waals surface area contributed by atoms with E-state index in [9.17, 15) is 27.9 Å². The van der Waals surface area contributed by atoms with Crippen LogP contribution in [0.5, 0.6) is 0 Å². The quantitative estimate of drug-likeness (QED) is 0.694. The van der Waals surface area contributed by atoms with Gasteiger partial charge in [-0.25, -0.2) is 9.48 Å². The second-order valence-corrected chi connectivity index (χ2v) is 6.62. The first-order chi connectivity index (χ1) is 13.1. The van der Waals surface area contributed by atoms with Gasteiger partial charge in [0.25, 0.3) is 5.56 Å². The highest BCUT2D eigenvalue weighted by Gasteiger charge is 2.30. The molecule has 0 aliphatic carbocycles. The summed E-state index contributed by atoms with van der Waals surface area (Å²) in [5.41, 5.74) is -0.475. The first kappa shape index (κ1) is 19.8. The molecule has 28 heavy (non-hydrogen) atoms. The number of carboxylic acid groups (broad SMARTS) is 1. The number of alkyl halides is 3. The number of carbonyl (C=O) groups is 1. The number of aromatic nitrogens is 2. The van der Waals surface area contributed by atoms with Crippen LogP contribution in [0.3, 0.4) is 0 Å². The van der Waals surface area contributed by atoms with Gasteiger partial charge in [0.05, 0.1) is 22.8 Å². The minimum Gasteiger partial charge on any atom is -0.477 e. The Morgan fingerprint density at radius 2 is 1.79 bits per heavy atom. The van der Waals surface area contributed by atoms with E-state index in [1.807, 2.05) is 6.92 Å². The monoisotopic (exact) mass is 410 g/mol. The third-order valence-electron chi connectivity index (χ3n) is 4.15. The van der Waals surface area contributed by atoms with Crippen molar-refractivity contribution in [2.24, 2.45) is 0 Å². The lowest BCUT2D eigenvalue weighted by Crippen LogP contribution is -2.24. The van der Waals surface area contributed by atoms with Gasteiger partial charge < -0.3 is 5.11 Å². The van der Waals surface area contributed by atoms with Crippen LogP contribution in [0, 0.1) is 6.92 Å². The van der Waals surface area contributed by atoms with E-state index in [0.29, 0.717) is 5.56 Å². The molecule has 1 N–H and O–H groups in total. The average molecular weight is 411 g/mol. The van der Waals surface area contributed by atoms with E-state index in [-0.39, 0.29) is 17.3 Å². The van der Waals surface area contributed by atoms with E-state index in [2.05, 4.69) is 0 Å². The molecule has 0 aliphatic rings. The number of hydrogen-bond donors (Lipinski definition) is 1. The summed E-state index contributed by atoms with van der Waals surface area (Å²) in [5.74, 6) is -1.41. The molecule has 0 radical (unpaired) electrons. The third-order valence-corrected chi connectivity index (χ3v) is 4.45. The molecule has 0 unspecified atom stereocenters. The number of benzene rings is 2. The van der Waals surface area contributed by atoms with Gasteiger partial charge in [0, 0.05) is 6.20 Å². The number of halogens is 4. The topological polar surface area (TPSA) is 64.2 Å². The van der Waals surface area contributed by atoms with Crippen LogP contribution in [-0.4, -0.2) is 20.4 Å². The van der Waals surface area contributed by atoms with E-state index in [1.165, 1.54) is 16.8 Å². The number of nitrogens with zero attached hydrogens (tertiary/aromatic N) is 2. The van der Waals surface area contributed by atoms with Gasteiger partial charge in [0.1, 0.15) is 5.56 Å². The SMILES string of the molecule is Cc1ccc(-n2c(=O)c(C(=O)O)cn2Cc2ccc(C(F)(F)F)cc2)c(Cl)c1. The Morgan fingerprint density at radius 3 is 2.32 bits per heavy atom. The Labute approximate surface area is 162 Å². The number of aromatic carboxylic acids is 1. The van der Waals surface area contributed by atoms with Crippen molar-refractivity contribution in [2.75, 3.05) is 0 Å². The first-order valence-electron chi connectivity index (χ1n) is 8.06. The van der Waals surface area contributed by atoms with Crippen LogP contribution >= 0.6 is 11.6 Å². The Bertz CT molecular complexity index is 1100. The Hall–Kier alpha value is -3.00. The van der Waals surface area contributed by atoms with Crippen molar-refractivity contribution in [1.29, 1.82) is 0 Å². The molecule has 1 aromatic heterocycles. The summed E-state index contributed by atoms with van der Waals surface area (Å²) in [6.07, 6.45) is -3.32. The van der Waals surface area contributed by atoms with E-state index < -0.39 is 28.8 Å². The normalized spacial score (nSPS) is 11.6. The number of rotatable bonds is 4. The second kappa shape index (κ2) is 7.20. The van der Waals surface area contributed by atoms with Crippen LogP contribution in [0.2, 0.25) is 5.02 Å². The number of hydrogen-bond acceptors (Lipinski definition) is 2. The summed E-state index contributed by atoms with van der Waals surface area (Å²) in [4.78, 5) is 24.0. The van der Waals surface area contributed by atoms with Crippen molar-refractivity contribution in [2.45, 2.75) is 19.6 Å². The van der Waals surface area contributed by atoms with E-state index in [0.717, 1.165) is 28.6 Å². The van der Waals surface area contributed by atoms with E-state index in [1.54, 1.807) is 18.2 Å². The van der Waals surface area contributed by atoms with Crippen molar-refractivity contribution in [1.82, 2.24) is 9.36 Å². The highest BCUT2D eigenvalue weighted by atomic mass is 35.5. The molecule has 2 aromatic carbocycles. The third kappa shape index (κ3) is 3.82. The molecule has 0 saturated carbocycles. The van der Waals surface area contributed by atoms with Gasteiger partial charge >= 0.3 is 12.1 Å². The van der Waals surface area contributed by atoms with Crippen LogP contribution in [0.15, 0.2) is 53.5 Å². The lowest BCUT2D eigenvalue weighted by molar-refractivity contribution is -0.137. The molecule has 0 saturated heterocycles. The fourth-order valence-corrected chi connectivity index (χ4v) is 3.09. The maximum absolute atomic E-state index is 12.7. The molecule has 0 amide bonds. The highest BCUT2D eigenvalue weighted by molar-refractivity contribution is 6.32. The number of carboxylic acids is 1. The maximum atomic E-state index is 12.7. The molecule has 3 aromatic rings. The molecule has 0 atom stereocenters. The fourth-order valence-electron chi connectivity index (χ4n) is 2.77. The van der Waals surface area contributed by atoms with Crippen LogP contribution in [-0.2, 0) is 12.7 Å². The standard InChI is InChI=1S/C19H14ClF3N2O3/c1-11-2-7-16(15(20)8-11)25-17(26)14(18(27)28)10-24(25)9-12-3-5-13(6-4-12)19(21,22)23/h2-8,10H,9H2,1H3,(H,27,28). The first-order valence-corrected chi connectivity index (χ1v) is 8.44. The molecule has 146 valence electrons. The molecule has 3 rings (SSSR count). The van der Waals surface area contributed by atoms with E-state index in [4.69, 9.17) is 11.6 Å². The van der Waals surface area contributed by atoms with Crippen molar-refractivity contribution in [3.8, 4) is 5.69 Å². The van der Waals surface area contributed by atoms with Crippen LogP contribution in [0.1, 0.15) is 27.0 Å². The van der Waals surface area contributed by atoms with Gasteiger partial charge in [-0.05, 0) is 42.3 Å². The van der Waals surface area contributed by atoms with Gasteiger partial charge in [0.2, 0.25) is 0 Å². The Morgan fingerprint density at radius 1 is 1.14 bits per heavy atom. The molecule has 0 spiro atoms. The Balaban J connectivity index is 2.09. The largest absolute Gasteiger partial charge is 0.477 e. The van der Waals surface area contributed by atoms with Crippen molar-refractivity contribution in [3.63, 3.8) is 0 Å². The zero-order chi connectivity index (χ0) is 20.6. The zero-order valence-corrected chi connectivity index (χ0v) is 15.3. The van der Waals surface area contributed by atoms with E-state index >= 15 is 0 Å². The van der Waals surface area contributed by atoms with Gasteiger partial charge in [-0.2, -0.15) is 13.2 Å². The van der Waals surface area contributed by atoms with Gasteiger partial charge in [0.15, 0.2) is 0 Å². The van der Waals surface area contributed by atoms with Gasteiger partial charge in [-0.3, -0.25) is 9.48 Å². The predicted molar refractivity (Wildman–Crippen MR) is 97.3 cm³/mol. The van der Waals surface area contributed by atoms with Crippen LogP contribution in [0.25, 0.3) is 5.69 Å². The lowest BCUT2D eigenvalue weighted by Gasteiger charge is -2.14. The molecule has 9 heteroatoms. The molecule has 0 fully saturated rings. The lowest BCUT2D eigenvalue weighted by atomic mass is 10.1. The minimum atomic E-state index is -4.46. The highest BCUT2D eigenvalue weighted by Crippen LogP contribution is 2.29. The molecular weight excluding hydrogens is 397 g/mol. The molecule has 1 heterocycles. The summed E-state index contributed by atoms with van der Waals surface area (Å²) >= 11 is 6.23. The summed E-state index contributed by atoms with van der Waals surface area (Å²) in [6.45, 7) is 1.78. The fraction of sp³-hybridized carbons (Fsp3) is 0.158. The smallest absolute Gasteiger partial charge is 0.416 e. The van der Waals surface area contributed by atoms with Crippen LogP contribution in [0.4, 0.5) is 13.2 Å². The summed E-state index contributed by atoms with van der Waals surface area (Å²) in [7, 11) is 0. The molecular formula is C19H14ClF3N2O3. The van der Waals surface area contributed by atoms with Gasteiger partial charge in [-0.1, -0.05) is 29.8 Å². The molecule has 0 aliphatic heterocycles. The average Bonchev–Trinajstić information content (AvgIpc) is 2.91. The maximum Gasteiger partial charge on any atom is 0.416 e. The molecule has 5 nitrogen and oxygen atoms in total. The second-order valence-electron chi connectivity index (χ2n) is 6.21. The summed E-state index contributed by atoms with van der Waals surface area (Å²) < 4.78 is 40.6. The zero-order valence-electron chi connectivity index (χ0n) is 14.5. The number of aryl methyl sites for hydroxylation is 1. The van der Waals surface area contributed by atoms with Crippen molar-refractivity contribution < 1.29 is 23.1 Å². The van der Waals surface area contributed by atoms with Gasteiger partial charge in [-0.15, -0.1) is 0 Å².